The fraction of sp³-hybridized carbons (Fsp3) is 0. The maximum Gasteiger partial charge on any atom is 0.307 e. The van der Waals surface area contributed by atoms with Gasteiger partial charge in [-0.05, 0) is 182 Å². The van der Waals surface area contributed by atoms with Crippen molar-refractivity contribution in [2.45, 2.75) is 0 Å². The van der Waals surface area contributed by atoms with Crippen LogP contribution in [0.1, 0.15) is 22.8 Å². The molecule has 0 aliphatic carbocycles. The summed E-state index contributed by atoms with van der Waals surface area (Å²) in [6.07, 6.45) is 0. The van der Waals surface area contributed by atoms with Gasteiger partial charge in [-0.25, -0.2) is 24.9 Å². The first-order valence-corrected chi connectivity index (χ1v) is 45.7. The summed E-state index contributed by atoms with van der Waals surface area (Å²) in [4.78, 5) is 51.0. The lowest BCUT2D eigenvalue weighted by Crippen LogP contribution is -2.10. The second kappa shape index (κ2) is 38.2. The number of rotatable bonds is 16. The Bertz CT molecular complexity index is 8420. The van der Waals surface area contributed by atoms with E-state index in [0.29, 0.717) is 17.6 Å². The number of nitriles is 4. The van der Waals surface area contributed by atoms with Gasteiger partial charge in [0, 0.05) is 72.5 Å². The summed E-state index contributed by atoms with van der Waals surface area (Å²) < 4.78 is 4.54. The molecule has 142 heavy (non-hydrogen) atoms. The molecule has 0 spiro atoms. The van der Waals surface area contributed by atoms with Crippen molar-refractivity contribution in [3.8, 4) is 125 Å². The molecular formula is C123H73N19. The van der Waals surface area contributed by atoms with E-state index >= 15 is 0 Å². The van der Waals surface area contributed by atoms with E-state index < -0.39 is 0 Å². The summed E-state index contributed by atoms with van der Waals surface area (Å²) in [5, 5.41) is 41.9. The van der Waals surface area contributed by atoms with Gasteiger partial charge in [0.2, 0.25) is 17.0 Å². The van der Waals surface area contributed by atoms with E-state index in [0.717, 1.165) is 95.0 Å². The highest BCUT2D eigenvalue weighted by Crippen LogP contribution is 2.45. The van der Waals surface area contributed by atoms with Gasteiger partial charge in [-0.2, -0.15) is 31.0 Å². The first-order valence-electron chi connectivity index (χ1n) is 45.7. The lowest BCUT2D eigenvalue weighted by atomic mass is 10.0. The van der Waals surface area contributed by atoms with Gasteiger partial charge in [0.1, 0.15) is 46.3 Å². The third-order valence-electron chi connectivity index (χ3n) is 25.1. The van der Waals surface area contributed by atoms with Crippen LogP contribution in [0.2, 0.25) is 0 Å². The van der Waals surface area contributed by atoms with Crippen LogP contribution in [0.15, 0.2) is 443 Å². The molecule has 0 atom stereocenters. The summed E-state index contributed by atoms with van der Waals surface area (Å²) in [6, 6.07) is 164. The van der Waals surface area contributed by atoms with Crippen LogP contribution in [0.5, 0.6) is 0 Å². The number of benzene rings is 18. The largest absolute Gasteiger partial charge is 0.358 e. The summed E-state index contributed by atoms with van der Waals surface area (Å²) in [5.41, 5.74) is 27.1. The summed E-state index contributed by atoms with van der Waals surface area (Å²) in [5.74, 6) is 1.25. The Labute approximate surface area is 815 Å². The van der Waals surface area contributed by atoms with Gasteiger partial charge in [-0.3, -0.25) is 4.57 Å². The Kier molecular flexibility index (Phi) is 23.3. The molecule has 0 fully saturated rings. The van der Waals surface area contributed by atoms with Crippen molar-refractivity contribution < 1.29 is 0 Å². The smallest absolute Gasteiger partial charge is 0.307 e. The van der Waals surface area contributed by atoms with E-state index in [-0.39, 0.29) is 67.5 Å². The molecular weight excluding hydrogens is 1740 g/mol. The van der Waals surface area contributed by atoms with Gasteiger partial charge in [-0.15, -0.1) is 9.97 Å². The number of aromatic nitrogens is 11. The van der Waals surface area contributed by atoms with Gasteiger partial charge in [0.25, 0.3) is 0 Å². The minimum Gasteiger partial charge on any atom is -0.358 e. The van der Waals surface area contributed by atoms with Crippen molar-refractivity contribution in [2.24, 2.45) is 0 Å². The number of para-hydroxylation sites is 3. The van der Waals surface area contributed by atoms with Crippen LogP contribution < -0.4 is 9.80 Å². The fourth-order valence-electron chi connectivity index (χ4n) is 18.2. The molecule has 0 saturated carbocycles. The highest BCUT2D eigenvalue weighted by Gasteiger charge is 2.29. The average molecular weight is 1820 g/mol. The average Bonchev–Trinajstić information content (AvgIpc) is 0.827. The molecule has 6 heterocycles. The molecule has 0 amide bonds. The van der Waals surface area contributed by atoms with Crippen molar-refractivity contribution in [1.82, 2.24) is 54.0 Å². The predicted octanol–water partition coefficient (Wildman–Crippen LogP) is 30.1. The van der Waals surface area contributed by atoms with Crippen LogP contribution in [-0.2, 0) is 0 Å². The first kappa shape index (κ1) is 86.5. The lowest BCUT2D eigenvalue weighted by Gasteiger charge is -2.27. The van der Waals surface area contributed by atoms with E-state index in [1.807, 2.05) is 60.7 Å². The molecule has 0 radical (unpaired) electrons. The summed E-state index contributed by atoms with van der Waals surface area (Å²) in [7, 11) is 0. The highest BCUT2D eigenvalue weighted by atomic mass is 15.2. The van der Waals surface area contributed by atoms with E-state index in [2.05, 4.69) is 441 Å². The van der Waals surface area contributed by atoms with Crippen molar-refractivity contribution in [3.63, 3.8) is 0 Å². The van der Waals surface area contributed by atoms with Crippen molar-refractivity contribution in [1.29, 1.82) is 21.0 Å². The minimum atomic E-state index is -0.303. The van der Waals surface area contributed by atoms with Crippen LogP contribution in [0, 0.1) is 58.5 Å². The molecule has 0 N–H and O–H groups in total. The van der Waals surface area contributed by atoms with Gasteiger partial charge >= 0.3 is 11.6 Å². The standard InChI is InChI=1S/C60H44N2.C45H29N5.C18N12/c1-5-13-45(14-6-1)49-21-33-55(34-22-49)61(56-35-23-50(24-36-56)46-15-7-2-8-16-46)59-41-29-53(30-42-59)54-31-43-60(44-32-54)62(57-37-25-51(26-38-57)47-17-9-3-10-18-47)58-39-27-52(28-40-58)48-19-11-4-12-20-48;1-4-14-30(15-5-1)43-46-44(31-16-6-2-7-17-31)48-45(47-43)50-40-23-13-10-20-35(40)37-26-24-33(29-42(37)50)32-25-27-41-38(28-32)36-21-11-12-22-39(36)49(41)34-18-8-3-9-19-34;1-23-17-9(5-21)27-13-11-12(26-8(4-20)7(3-19)25-11)14-16(15(13)29-17)30-18(24-2)10(6-22)28-14/h1-44H;1-29H;. The van der Waals surface area contributed by atoms with E-state index in [4.69, 9.17) is 28.1 Å². The topological polar surface area (TPSA) is 236 Å². The number of nitrogens with zero attached hydrogens (tertiary/aromatic N) is 19. The summed E-state index contributed by atoms with van der Waals surface area (Å²) >= 11 is 0. The number of anilines is 6. The molecule has 24 aromatic rings. The van der Waals surface area contributed by atoms with Crippen LogP contribution in [0.25, 0.3) is 188 Å². The number of fused-ring (bicyclic) bond motifs is 12. The molecule has 18 aromatic carbocycles. The minimum absolute atomic E-state index is 0.00714. The second-order valence-electron chi connectivity index (χ2n) is 33.4. The Balaban J connectivity index is 0.000000129. The SMILES string of the molecule is [C-]#[N+]c1nc2c(nc1C#N)c1nc(C#N)c(C#N)nc1c1nc(C#N)c([N+]#[C-])nc12.c1ccc(-c2ccc(N(c3ccc(-c4ccccc4)cc3)c3ccc(-c4ccc(N(c5ccc(-c6ccccc6)cc5)c5ccc(-c6ccccc6)cc5)cc4)cc3)cc2)cc1.c1ccc(-c2nc(-c3ccccc3)nc(-n3c4ccccc4c4ccc(-c5ccc6c(c5)c5ccccc5n6-c5ccccc5)cc43)n2)cc1. The highest BCUT2D eigenvalue weighted by molar-refractivity contribution is 6.19. The maximum absolute atomic E-state index is 9.30. The molecule has 660 valence electrons. The molecule has 19 heteroatoms. The van der Waals surface area contributed by atoms with E-state index in [1.54, 1.807) is 24.3 Å². The predicted molar refractivity (Wildman–Crippen MR) is 565 cm³/mol. The number of hydrogen-bond acceptors (Lipinski definition) is 15. The van der Waals surface area contributed by atoms with Crippen LogP contribution in [0.4, 0.5) is 45.8 Å². The zero-order valence-corrected chi connectivity index (χ0v) is 75.6. The summed E-state index contributed by atoms with van der Waals surface area (Å²) in [6.45, 7) is 14.5. The molecule has 6 aromatic heterocycles. The normalized spacial score (nSPS) is 10.9. The molecule has 0 bridgehead atoms. The molecule has 0 aliphatic heterocycles. The Morgan fingerprint density at radius 3 is 0.796 bits per heavy atom. The second-order valence-corrected chi connectivity index (χ2v) is 33.4. The van der Waals surface area contributed by atoms with Crippen molar-refractivity contribution in [3.05, 3.63) is 488 Å². The van der Waals surface area contributed by atoms with Crippen LogP contribution >= 0.6 is 0 Å². The van der Waals surface area contributed by atoms with Gasteiger partial charge in [-0.1, -0.05) is 341 Å². The third kappa shape index (κ3) is 16.7. The molecule has 0 aliphatic rings. The van der Waals surface area contributed by atoms with Gasteiger partial charge < -0.3 is 24.1 Å². The zero-order chi connectivity index (χ0) is 95.9. The Hall–Kier alpha value is -20.9. The van der Waals surface area contributed by atoms with E-state index in [9.17, 15) is 21.0 Å². The van der Waals surface area contributed by atoms with Crippen LogP contribution in [-0.4, -0.2) is 54.0 Å². The van der Waals surface area contributed by atoms with Gasteiger partial charge in [0.05, 0.1) is 22.1 Å². The maximum atomic E-state index is 9.30. The van der Waals surface area contributed by atoms with Crippen molar-refractivity contribution >= 4 is 122 Å². The first-order chi connectivity index (χ1) is 70.1. The molecule has 0 saturated heterocycles. The zero-order valence-electron chi connectivity index (χ0n) is 75.6. The number of hydrogen-bond donors (Lipinski definition) is 0. The quantitative estimate of drug-likeness (QED) is 0.0646. The molecule has 0 unspecified atom stereocenters. The molecule has 24 rings (SSSR count). The van der Waals surface area contributed by atoms with Gasteiger partial charge in [0.15, 0.2) is 34.4 Å². The fourth-order valence-corrected chi connectivity index (χ4v) is 18.2. The Morgan fingerprint density at radius 1 is 0.204 bits per heavy atom. The van der Waals surface area contributed by atoms with Crippen molar-refractivity contribution in [2.75, 3.05) is 9.80 Å². The lowest BCUT2D eigenvalue weighted by molar-refractivity contribution is 0.953. The van der Waals surface area contributed by atoms with E-state index in [1.165, 1.54) is 66.3 Å². The van der Waals surface area contributed by atoms with Crippen LogP contribution in [0.3, 0.4) is 0 Å². The monoisotopic (exact) mass is 1820 g/mol. The third-order valence-corrected chi connectivity index (χ3v) is 25.1. The Morgan fingerprint density at radius 2 is 0.458 bits per heavy atom. The molecule has 19 nitrogen and oxygen atoms in total.